The second-order valence-electron chi connectivity index (χ2n) is 8.84. The minimum absolute atomic E-state index is 0.490. The lowest BCUT2D eigenvalue weighted by molar-refractivity contribution is 0.122. The summed E-state index contributed by atoms with van der Waals surface area (Å²) in [5, 5.41) is 1.69. The van der Waals surface area contributed by atoms with E-state index in [9.17, 15) is 0 Å². The van der Waals surface area contributed by atoms with Crippen molar-refractivity contribution in [2.75, 3.05) is 0 Å². The quantitative estimate of drug-likeness (QED) is 0.577. The molecule has 0 saturated heterocycles. The maximum absolute atomic E-state index is 2.61. The van der Waals surface area contributed by atoms with Crippen molar-refractivity contribution >= 4 is 23.5 Å². The molecule has 2 aliphatic carbocycles. The van der Waals surface area contributed by atoms with Gasteiger partial charge in [-0.15, -0.1) is 23.5 Å². The van der Waals surface area contributed by atoms with E-state index in [0.717, 1.165) is 40.1 Å². The molecule has 2 heterocycles. The molecule has 0 bridgehead atoms. The van der Waals surface area contributed by atoms with Gasteiger partial charge < -0.3 is 0 Å². The molecule has 0 aromatic heterocycles. The molecule has 22 heavy (non-hydrogen) atoms. The zero-order chi connectivity index (χ0) is 15.6. The summed E-state index contributed by atoms with van der Waals surface area (Å²) in [5.41, 5.74) is 0.490. The second kappa shape index (κ2) is 5.34. The van der Waals surface area contributed by atoms with Gasteiger partial charge >= 0.3 is 0 Å². The van der Waals surface area contributed by atoms with E-state index >= 15 is 0 Å². The van der Waals surface area contributed by atoms with Gasteiger partial charge in [0.2, 0.25) is 0 Å². The van der Waals surface area contributed by atoms with Gasteiger partial charge in [0, 0.05) is 10.5 Å². The predicted molar refractivity (Wildman–Crippen MR) is 101 cm³/mol. The van der Waals surface area contributed by atoms with Crippen molar-refractivity contribution in [2.45, 2.75) is 64.4 Å². The lowest BCUT2D eigenvalue weighted by Crippen LogP contribution is -2.40. The maximum atomic E-state index is 2.61. The van der Waals surface area contributed by atoms with Gasteiger partial charge in [-0.2, -0.15) is 0 Å². The van der Waals surface area contributed by atoms with E-state index < -0.39 is 0 Å². The molecule has 5 unspecified atom stereocenters. The van der Waals surface area contributed by atoms with Crippen LogP contribution >= 0.6 is 23.5 Å². The lowest BCUT2D eigenvalue weighted by Gasteiger charge is -2.43. The Morgan fingerprint density at radius 3 is 1.95 bits per heavy atom. The molecule has 2 fully saturated rings. The monoisotopic (exact) mass is 334 g/mol. The Labute approximate surface area is 145 Å². The Morgan fingerprint density at radius 2 is 1.50 bits per heavy atom. The van der Waals surface area contributed by atoms with E-state index in [0.29, 0.717) is 5.41 Å². The topological polar surface area (TPSA) is 0 Å². The van der Waals surface area contributed by atoms with Crippen LogP contribution < -0.4 is 0 Å². The molecule has 0 aromatic rings. The Bertz CT molecular complexity index is 498. The molecular formula is C20H30S2. The van der Waals surface area contributed by atoms with Gasteiger partial charge in [-0.1, -0.05) is 39.3 Å². The van der Waals surface area contributed by atoms with Gasteiger partial charge in [-0.25, -0.2) is 0 Å². The van der Waals surface area contributed by atoms with Crippen LogP contribution in [0.25, 0.3) is 0 Å². The Morgan fingerprint density at radius 1 is 0.955 bits per heavy atom. The third kappa shape index (κ3) is 2.27. The van der Waals surface area contributed by atoms with E-state index in [1.54, 1.807) is 9.81 Å². The molecule has 0 nitrogen and oxygen atoms in total. The molecule has 4 rings (SSSR count). The first-order chi connectivity index (χ1) is 10.4. The fraction of sp³-hybridized carbons (Fsp3) is 0.800. The molecule has 7 atom stereocenters. The van der Waals surface area contributed by atoms with E-state index in [4.69, 9.17) is 0 Å². The number of rotatable bonds is 2. The normalized spacial score (nSPS) is 47.4. The molecule has 2 heteroatoms. The Kier molecular flexibility index (Phi) is 3.81. The van der Waals surface area contributed by atoms with Crippen LogP contribution in [0.3, 0.4) is 0 Å². The van der Waals surface area contributed by atoms with Crippen LogP contribution in [0.4, 0.5) is 0 Å². The molecular weight excluding hydrogens is 304 g/mol. The van der Waals surface area contributed by atoms with Gasteiger partial charge in [-0.05, 0) is 71.5 Å². The second-order valence-corrected chi connectivity index (χ2v) is 11.7. The van der Waals surface area contributed by atoms with Crippen molar-refractivity contribution < 1.29 is 0 Å². The standard InChI is InChI=1S/C20H30S2/c1-11-6-7-14(8-11)20(4,5)17-18-15(9-12(2)21-18)16-10-13(3)22-19(16)17/h9-11,14-19H,6-8H2,1-5H3/t11-,14?,15+,16?,17?,18?,19?/m1/s1. The molecule has 2 aliphatic heterocycles. The van der Waals surface area contributed by atoms with Gasteiger partial charge in [0.1, 0.15) is 0 Å². The van der Waals surface area contributed by atoms with E-state index in [-0.39, 0.29) is 0 Å². The highest BCUT2D eigenvalue weighted by molar-refractivity contribution is 8.05. The summed E-state index contributed by atoms with van der Waals surface area (Å²) >= 11 is 4.41. The highest BCUT2D eigenvalue weighted by atomic mass is 32.2. The van der Waals surface area contributed by atoms with Crippen LogP contribution in [0.5, 0.6) is 0 Å². The molecule has 0 amide bonds. The van der Waals surface area contributed by atoms with Crippen LogP contribution in [0.2, 0.25) is 0 Å². The largest absolute Gasteiger partial charge is 0.127 e. The number of hydrogen-bond donors (Lipinski definition) is 0. The fourth-order valence-corrected chi connectivity index (χ4v) is 9.47. The number of thioether (sulfide) groups is 2. The average Bonchev–Trinajstić information content (AvgIpc) is 3.12. The van der Waals surface area contributed by atoms with Crippen LogP contribution in [0.1, 0.15) is 53.9 Å². The summed E-state index contributed by atoms with van der Waals surface area (Å²) in [7, 11) is 0. The minimum atomic E-state index is 0.490. The van der Waals surface area contributed by atoms with Gasteiger partial charge in [-0.3, -0.25) is 0 Å². The molecule has 0 spiro atoms. The summed E-state index contributed by atoms with van der Waals surface area (Å²) in [5.74, 6) is 4.38. The third-order valence-corrected chi connectivity index (χ3v) is 9.79. The summed E-state index contributed by atoms with van der Waals surface area (Å²) in [6.07, 6.45) is 9.60. The molecule has 0 N–H and O–H groups in total. The van der Waals surface area contributed by atoms with Crippen molar-refractivity contribution in [3.63, 3.8) is 0 Å². The van der Waals surface area contributed by atoms with Gasteiger partial charge in [0.15, 0.2) is 0 Å². The summed E-state index contributed by atoms with van der Waals surface area (Å²) in [6, 6.07) is 0. The highest BCUT2D eigenvalue weighted by Crippen LogP contribution is 2.65. The fourth-order valence-electron chi connectivity index (χ4n) is 5.87. The molecule has 4 aliphatic rings. The molecule has 2 saturated carbocycles. The van der Waals surface area contributed by atoms with Crippen LogP contribution in [-0.4, -0.2) is 10.5 Å². The SMILES string of the molecule is CC1=CC2C(S1)C(C(C)(C)C1CC[C@@H](C)C1)C1SC(C)=C[C@@H]21. The lowest BCUT2D eigenvalue weighted by atomic mass is 9.67. The summed E-state index contributed by atoms with van der Waals surface area (Å²) in [6.45, 7) is 12.4. The maximum Gasteiger partial charge on any atom is 0.0204 e. The number of hydrogen-bond acceptors (Lipinski definition) is 2. The predicted octanol–water partition coefficient (Wildman–Crippen LogP) is 6.35. The smallest absolute Gasteiger partial charge is 0.0204 e. The Balaban J connectivity index is 1.66. The van der Waals surface area contributed by atoms with Crippen LogP contribution in [0.15, 0.2) is 22.0 Å². The van der Waals surface area contributed by atoms with Crippen LogP contribution in [-0.2, 0) is 0 Å². The number of fused-ring (bicyclic) bond motifs is 3. The van der Waals surface area contributed by atoms with Crippen molar-refractivity contribution in [2.24, 2.45) is 35.0 Å². The zero-order valence-corrected chi connectivity index (χ0v) is 16.3. The first-order valence-electron chi connectivity index (χ1n) is 9.08. The highest BCUT2D eigenvalue weighted by Gasteiger charge is 2.59. The van der Waals surface area contributed by atoms with E-state index in [1.165, 1.54) is 19.3 Å². The van der Waals surface area contributed by atoms with Crippen molar-refractivity contribution in [1.29, 1.82) is 0 Å². The summed E-state index contributed by atoms with van der Waals surface area (Å²) in [4.78, 5) is 3.16. The van der Waals surface area contributed by atoms with Crippen molar-refractivity contribution in [3.05, 3.63) is 22.0 Å². The minimum Gasteiger partial charge on any atom is -0.127 e. The zero-order valence-electron chi connectivity index (χ0n) is 14.6. The third-order valence-electron chi connectivity index (χ3n) is 7.02. The molecule has 122 valence electrons. The number of allylic oxidation sites excluding steroid dienone is 4. The van der Waals surface area contributed by atoms with E-state index in [1.807, 2.05) is 0 Å². The Hall–Kier alpha value is 0.180. The van der Waals surface area contributed by atoms with Crippen LogP contribution in [0, 0.1) is 35.0 Å². The summed E-state index contributed by atoms with van der Waals surface area (Å²) < 4.78 is 0. The van der Waals surface area contributed by atoms with Gasteiger partial charge in [0.05, 0.1) is 0 Å². The molecule has 0 radical (unpaired) electrons. The van der Waals surface area contributed by atoms with Crippen molar-refractivity contribution in [1.82, 2.24) is 0 Å². The first-order valence-corrected chi connectivity index (χ1v) is 10.8. The first kappa shape index (κ1) is 15.7. The average molecular weight is 335 g/mol. The van der Waals surface area contributed by atoms with Crippen molar-refractivity contribution in [3.8, 4) is 0 Å². The van der Waals surface area contributed by atoms with E-state index in [2.05, 4.69) is 70.3 Å². The van der Waals surface area contributed by atoms with Gasteiger partial charge in [0.25, 0.3) is 0 Å². The molecule has 0 aromatic carbocycles.